The molecule has 2 aliphatic rings. The Morgan fingerprint density at radius 3 is 1.63 bits per heavy atom. The van der Waals surface area contributed by atoms with E-state index in [1.807, 2.05) is 6.08 Å². The maximum absolute atomic E-state index is 4.21. The number of allylic oxidation sites excluding steroid dienone is 5. The summed E-state index contributed by atoms with van der Waals surface area (Å²) >= 11 is 0. The topological polar surface area (TPSA) is 0 Å². The van der Waals surface area contributed by atoms with Crippen LogP contribution in [0.25, 0.3) is 22.3 Å². The van der Waals surface area contributed by atoms with E-state index in [4.69, 9.17) is 0 Å². The first-order valence-electron chi connectivity index (χ1n) is 15.4. The number of benzene rings is 5. The summed E-state index contributed by atoms with van der Waals surface area (Å²) in [5.41, 5.74) is 19.8. The molecular weight excluding hydrogens is 515 g/mol. The van der Waals surface area contributed by atoms with Gasteiger partial charge in [0.1, 0.15) is 0 Å². The van der Waals surface area contributed by atoms with Crippen LogP contribution < -0.4 is 10.9 Å². The van der Waals surface area contributed by atoms with E-state index in [9.17, 15) is 0 Å². The molecule has 0 N–H and O–H groups in total. The first kappa shape index (κ1) is 27.2. The molecule has 5 aromatic rings. The standard InChI is InChI=1S/C42H37B/c1-7-27(3)40(28(4)8-2)43(41-29(5)16-15-17-30(41)6)31-24-25-39-35(26-31)34-20-11-14-23-38(34)42(39)36-21-12-9-18-32(36)33-19-10-13-22-37(33)42/h7-26H,1H2,2-6H3/b28-8-,40-27+. The summed E-state index contributed by atoms with van der Waals surface area (Å²) in [6.07, 6.45) is 4.26. The highest BCUT2D eigenvalue weighted by molar-refractivity contribution is 6.92. The Labute approximate surface area is 257 Å². The minimum atomic E-state index is -0.319. The third kappa shape index (κ3) is 3.77. The van der Waals surface area contributed by atoms with Gasteiger partial charge in [0.2, 0.25) is 6.71 Å². The van der Waals surface area contributed by atoms with E-state index in [0.717, 1.165) is 0 Å². The molecule has 0 aliphatic heterocycles. The summed E-state index contributed by atoms with van der Waals surface area (Å²) in [6, 6.07) is 41.2. The number of fused-ring (bicyclic) bond motifs is 10. The monoisotopic (exact) mass is 552 g/mol. The predicted octanol–water partition coefficient (Wildman–Crippen LogP) is 9.26. The molecule has 0 atom stereocenters. The van der Waals surface area contributed by atoms with Gasteiger partial charge in [0.25, 0.3) is 0 Å². The lowest BCUT2D eigenvalue weighted by atomic mass is 9.33. The van der Waals surface area contributed by atoms with Crippen LogP contribution in [-0.2, 0) is 5.41 Å². The summed E-state index contributed by atoms with van der Waals surface area (Å²) in [6.45, 7) is 15.4. The average Bonchev–Trinajstić information content (AvgIpc) is 3.51. The molecule has 1 heteroatoms. The Morgan fingerprint density at radius 2 is 1.12 bits per heavy atom. The van der Waals surface area contributed by atoms with Gasteiger partial charge in [-0.05, 0) is 79.1 Å². The maximum atomic E-state index is 4.21. The van der Waals surface area contributed by atoms with E-state index in [0.29, 0.717) is 0 Å². The Bertz CT molecular complexity index is 1930. The maximum Gasteiger partial charge on any atom is 0.242 e. The van der Waals surface area contributed by atoms with E-state index >= 15 is 0 Å². The fraction of sp³-hybridized carbons (Fsp3) is 0.143. The van der Waals surface area contributed by atoms with Crippen molar-refractivity contribution in [2.75, 3.05) is 0 Å². The van der Waals surface area contributed by atoms with Crippen LogP contribution in [0, 0.1) is 13.8 Å². The van der Waals surface area contributed by atoms with E-state index in [1.165, 1.54) is 83.2 Å². The predicted molar refractivity (Wildman–Crippen MR) is 186 cm³/mol. The lowest BCUT2D eigenvalue weighted by Crippen LogP contribution is -2.47. The molecule has 0 amide bonds. The van der Waals surface area contributed by atoms with Crippen molar-refractivity contribution in [3.8, 4) is 22.3 Å². The molecule has 1 spiro atoms. The van der Waals surface area contributed by atoms with Crippen LogP contribution in [0.4, 0.5) is 0 Å². The van der Waals surface area contributed by atoms with Crippen LogP contribution in [-0.4, -0.2) is 6.71 Å². The Hall–Kier alpha value is -4.62. The van der Waals surface area contributed by atoms with Crippen LogP contribution in [0.3, 0.4) is 0 Å². The van der Waals surface area contributed by atoms with E-state index < -0.39 is 0 Å². The smallest absolute Gasteiger partial charge is 0.0988 e. The Morgan fingerprint density at radius 1 is 0.628 bits per heavy atom. The second kappa shape index (κ2) is 10.3. The second-order valence-electron chi connectivity index (χ2n) is 12.2. The van der Waals surface area contributed by atoms with Crippen LogP contribution >= 0.6 is 0 Å². The van der Waals surface area contributed by atoms with Gasteiger partial charge in [0.15, 0.2) is 0 Å². The van der Waals surface area contributed by atoms with Gasteiger partial charge < -0.3 is 0 Å². The summed E-state index contributed by atoms with van der Waals surface area (Å²) in [7, 11) is 0. The van der Waals surface area contributed by atoms with Crippen LogP contribution in [0.15, 0.2) is 145 Å². The van der Waals surface area contributed by atoms with Crippen LogP contribution in [0.2, 0.25) is 0 Å². The zero-order chi connectivity index (χ0) is 29.9. The van der Waals surface area contributed by atoms with Gasteiger partial charge in [-0.25, -0.2) is 0 Å². The molecule has 0 saturated heterocycles. The fourth-order valence-electron chi connectivity index (χ4n) is 8.09. The molecule has 43 heavy (non-hydrogen) atoms. The van der Waals surface area contributed by atoms with Gasteiger partial charge >= 0.3 is 0 Å². The van der Waals surface area contributed by atoms with Crippen molar-refractivity contribution in [2.24, 2.45) is 0 Å². The zero-order valence-corrected chi connectivity index (χ0v) is 25.8. The molecule has 0 heterocycles. The van der Waals surface area contributed by atoms with Crippen molar-refractivity contribution < 1.29 is 0 Å². The molecule has 0 nitrogen and oxygen atoms in total. The normalized spacial score (nSPS) is 14.5. The highest BCUT2D eigenvalue weighted by Gasteiger charge is 2.51. The third-order valence-electron chi connectivity index (χ3n) is 10.1. The summed E-state index contributed by atoms with van der Waals surface area (Å²) in [4.78, 5) is 0. The van der Waals surface area contributed by atoms with Gasteiger partial charge in [-0.1, -0.05) is 167 Å². The van der Waals surface area contributed by atoms with Gasteiger partial charge in [-0.3, -0.25) is 0 Å². The number of rotatable bonds is 5. The molecule has 2 aliphatic carbocycles. The molecule has 0 fully saturated rings. The molecular formula is C42H37B. The molecule has 0 radical (unpaired) electrons. The van der Waals surface area contributed by atoms with Gasteiger partial charge in [-0.2, -0.15) is 0 Å². The highest BCUT2D eigenvalue weighted by Crippen LogP contribution is 2.62. The molecule has 0 bridgehead atoms. The van der Waals surface area contributed by atoms with E-state index in [1.54, 1.807) is 0 Å². The SMILES string of the molecule is C=C/C(C)=C(B(c1ccc2c(c1)-c1ccccc1C21c2ccccc2-c2ccccc21)c1c(C)cccc1C)\C(C)=C/C. The number of hydrogen-bond acceptors (Lipinski definition) is 0. The lowest BCUT2D eigenvalue weighted by molar-refractivity contribution is 0.794. The number of hydrogen-bond donors (Lipinski definition) is 0. The van der Waals surface area contributed by atoms with E-state index in [2.05, 4.69) is 156 Å². The van der Waals surface area contributed by atoms with Crippen molar-refractivity contribution in [2.45, 2.75) is 40.0 Å². The molecule has 0 unspecified atom stereocenters. The lowest BCUT2D eigenvalue weighted by Gasteiger charge is -2.31. The molecule has 5 aromatic carbocycles. The minimum Gasteiger partial charge on any atom is -0.0988 e. The zero-order valence-electron chi connectivity index (χ0n) is 25.8. The van der Waals surface area contributed by atoms with E-state index in [-0.39, 0.29) is 12.1 Å². The summed E-state index contributed by atoms with van der Waals surface area (Å²) < 4.78 is 0. The second-order valence-corrected chi connectivity index (χ2v) is 12.2. The Balaban J connectivity index is 1.56. The molecule has 0 saturated carbocycles. The fourth-order valence-corrected chi connectivity index (χ4v) is 8.09. The largest absolute Gasteiger partial charge is 0.242 e. The van der Waals surface area contributed by atoms with Crippen molar-refractivity contribution in [3.05, 3.63) is 178 Å². The van der Waals surface area contributed by atoms with Crippen molar-refractivity contribution in [1.82, 2.24) is 0 Å². The first-order chi connectivity index (χ1) is 20.9. The van der Waals surface area contributed by atoms with Gasteiger partial charge in [0, 0.05) is 0 Å². The quantitative estimate of drug-likeness (QED) is 0.147. The minimum absolute atomic E-state index is 0.0903. The van der Waals surface area contributed by atoms with Crippen LogP contribution in [0.1, 0.15) is 54.2 Å². The molecule has 208 valence electrons. The van der Waals surface area contributed by atoms with Crippen molar-refractivity contribution in [3.63, 3.8) is 0 Å². The van der Waals surface area contributed by atoms with Crippen molar-refractivity contribution in [1.29, 1.82) is 0 Å². The number of aryl methyl sites for hydroxylation is 2. The first-order valence-corrected chi connectivity index (χ1v) is 15.4. The average molecular weight is 553 g/mol. The summed E-state index contributed by atoms with van der Waals surface area (Å²) in [5.74, 6) is 0. The third-order valence-corrected chi connectivity index (χ3v) is 10.1. The summed E-state index contributed by atoms with van der Waals surface area (Å²) in [5, 5.41) is 0. The van der Waals surface area contributed by atoms with Crippen LogP contribution in [0.5, 0.6) is 0 Å². The molecule has 7 rings (SSSR count). The van der Waals surface area contributed by atoms with Gasteiger partial charge in [0.05, 0.1) is 5.41 Å². The van der Waals surface area contributed by atoms with Gasteiger partial charge in [-0.15, -0.1) is 0 Å². The molecule has 0 aromatic heterocycles. The highest BCUT2D eigenvalue weighted by atomic mass is 14.5. The Kier molecular flexibility index (Phi) is 6.51. The van der Waals surface area contributed by atoms with Crippen molar-refractivity contribution >= 4 is 17.6 Å².